The molecule has 0 aliphatic carbocycles. The van der Waals surface area contributed by atoms with Crippen LogP contribution >= 0.6 is 11.6 Å². The largest absolute Gasteiger partial charge is 0.403 e. The van der Waals surface area contributed by atoms with Gasteiger partial charge in [-0.3, -0.25) is 9.59 Å². The fourth-order valence-corrected chi connectivity index (χ4v) is 5.66. The van der Waals surface area contributed by atoms with E-state index in [-0.39, 0.29) is 11.5 Å². The van der Waals surface area contributed by atoms with Crippen molar-refractivity contribution in [3.8, 4) is 11.1 Å². The van der Waals surface area contributed by atoms with Crippen molar-refractivity contribution in [3.63, 3.8) is 0 Å². The van der Waals surface area contributed by atoms with Crippen LogP contribution < -0.4 is 16.6 Å². The molecule has 0 radical (unpaired) electrons. The second-order valence-electron chi connectivity index (χ2n) is 10.6. The summed E-state index contributed by atoms with van der Waals surface area (Å²) in [5, 5.41) is 16.9. The van der Waals surface area contributed by atoms with E-state index in [9.17, 15) is 14.7 Å². The zero-order valence-corrected chi connectivity index (χ0v) is 26.4. The molecule has 0 bridgehead atoms. The number of aliphatic hydroxyl groups is 1. The Bertz CT molecular complexity index is 1740. The Kier molecular flexibility index (Phi) is 10.3. The lowest BCUT2D eigenvalue weighted by molar-refractivity contribution is 0.0940. The quantitative estimate of drug-likeness (QED) is 0.207. The topological polar surface area (TPSA) is 104 Å². The van der Waals surface area contributed by atoms with Gasteiger partial charge in [-0.15, -0.1) is 0 Å². The second kappa shape index (κ2) is 13.9. The van der Waals surface area contributed by atoms with Crippen LogP contribution in [0, 0.1) is 0 Å². The molecule has 230 valence electrons. The van der Waals surface area contributed by atoms with Crippen molar-refractivity contribution in [2.24, 2.45) is 12.8 Å². The molecule has 0 saturated heterocycles. The van der Waals surface area contributed by atoms with Crippen LogP contribution in [-0.2, 0) is 12.6 Å². The third-order valence-corrected chi connectivity index (χ3v) is 8.39. The van der Waals surface area contributed by atoms with Gasteiger partial charge in [0, 0.05) is 55.4 Å². The molecule has 4 N–H and O–H groups in total. The molecule has 4 aromatic rings. The molecule has 1 atom stereocenters. The van der Waals surface area contributed by atoms with Crippen LogP contribution in [0.4, 0.5) is 0 Å². The molecule has 0 spiro atoms. The maximum absolute atomic E-state index is 12.9. The minimum absolute atomic E-state index is 0.171. The summed E-state index contributed by atoms with van der Waals surface area (Å²) in [5.41, 5.74) is 8.21. The van der Waals surface area contributed by atoms with E-state index in [4.69, 9.17) is 17.3 Å². The average Bonchev–Trinajstić information content (AvgIpc) is 3.04. The molecule has 0 aliphatic rings. The van der Waals surface area contributed by atoms with Gasteiger partial charge in [-0.05, 0) is 77.9 Å². The zero-order chi connectivity index (χ0) is 32.0. The lowest BCUT2D eigenvalue weighted by Crippen LogP contribution is -2.37. The summed E-state index contributed by atoms with van der Waals surface area (Å²) < 4.78 is 1.56. The number of pyridine rings is 1. The molecule has 0 aliphatic heterocycles. The van der Waals surface area contributed by atoms with E-state index in [0.717, 1.165) is 30.6 Å². The lowest BCUT2D eigenvalue weighted by atomic mass is 9.81. The van der Waals surface area contributed by atoms with E-state index < -0.39 is 5.60 Å². The number of carbonyl (C=O) groups is 1. The molecule has 9 heteroatoms. The Morgan fingerprint density at radius 3 is 2.36 bits per heavy atom. The Morgan fingerprint density at radius 2 is 1.75 bits per heavy atom. The molecule has 0 fully saturated rings. The molecule has 0 saturated carbocycles. The van der Waals surface area contributed by atoms with Gasteiger partial charge >= 0.3 is 0 Å². The third kappa shape index (κ3) is 6.43. The van der Waals surface area contributed by atoms with E-state index in [1.165, 1.54) is 6.20 Å². The van der Waals surface area contributed by atoms with Gasteiger partial charge in [0.15, 0.2) is 5.60 Å². The van der Waals surface area contributed by atoms with Gasteiger partial charge in [0.1, 0.15) is 0 Å². The van der Waals surface area contributed by atoms with Gasteiger partial charge in [-0.25, -0.2) is 0 Å². The van der Waals surface area contributed by atoms with Gasteiger partial charge in [-0.2, -0.15) is 0 Å². The van der Waals surface area contributed by atoms with E-state index in [1.54, 1.807) is 78.3 Å². The molecule has 3 aromatic carbocycles. The number of likely N-dealkylation sites (N-methyl/N-ethyl adjacent to an activating group) is 2. The van der Waals surface area contributed by atoms with E-state index >= 15 is 0 Å². The first-order valence-corrected chi connectivity index (χ1v) is 15.0. The Morgan fingerprint density at radius 1 is 1.07 bits per heavy atom. The molecular weight excluding hydrogens is 574 g/mol. The number of fused-ring (bicyclic) bond motifs is 1. The summed E-state index contributed by atoms with van der Waals surface area (Å²) in [5.74, 6) is -0.192. The summed E-state index contributed by atoms with van der Waals surface area (Å²) in [6, 6.07) is 21.1. The third-order valence-electron chi connectivity index (χ3n) is 8.16. The average molecular weight is 614 g/mol. The van der Waals surface area contributed by atoms with Crippen LogP contribution in [-0.4, -0.2) is 58.6 Å². The number of carbonyl (C=O) groups excluding carboxylic acids is 1. The number of benzene rings is 3. The zero-order valence-electron chi connectivity index (χ0n) is 25.7. The number of nitrogens with two attached hydrogens (primary N) is 1. The van der Waals surface area contributed by atoms with Gasteiger partial charge in [0.25, 0.3) is 11.5 Å². The number of hydrogen-bond donors (Lipinski definition) is 3. The number of nitrogens with one attached hydrogen (secondary N) is 1. The lowest BCUT2D eigenvalue weighted by Gasteiger charge is -2.36. The summed E-state index contributed by atoms with van der Waals surface area (Å²) in [4.78, 5) is 29.7. The van der Waals surface area contributed by atoms with E-state index in [0.29, 0.717) is 45.0 Å². The first kappa shape index (κ1) is 32.5. The van der Waals surface area contributed by atoms with Crippen molar-refractivity contribution in [2.45, 2.75) is 19.4 Å². The van der Waals surface area contributed by atoms with E-state index in [1.807, 2.05) is 24.3 Å². The maximum Gasteiger partial charge on any atom is 0.251 e. The van der Waals surface area contributed by atoms with Crippen molar-refractivity contribution in [2.75, 3.05) is 33.2 Å². The second-order valence-corrected chi connectivity index (χ2v) is 11.0. The van der Waals surface area contributed by atoms with Crippen molar-refractivity contribution < 1.29 is 9.90 Å². The molecule has 1 amide bonds. The molecule has 1 heterocycles. The molecule has 1 aromatic heterocycles. The fraction of sp³-hybridized carbons (Fsp3) is 0.257. The predicted octanol–water partition coefficient (Wildman–Crippen LogP) is 5.04. The minimum atomic E-state index is -1.75. The van der Waals surface area contributed by atoms with Crippen molar-refractivity contribution in [1.29, 1.82) is 0 Å². The molecule has 1 unspecified atom stereocenters. The van der Waals surface area contributed by atoms with Gasteiger partial charge in [0.2, 0.25) is 0 Å². The highest BCUT2D eigenvalue weighted by atomic mass is 35.5. The van der Waals surface area contributed by atoms with Crippen molar-refractivity contribution >= 4 is 28.4 Å². The van der Waals surface area contributed by atoms with Gasteiger partial charge in [0.05, 0.1) is 11.2 Å². The molecular formula is C35H40ClN5O3. The van der Waals surface area contributed by atoms with Gasteiger partial charge < -0.3 is 30.5 Å². The predicted molar refractivity (Wildman–Crippen MR) is 179 cm³/mol. The number of aromatic nitrogens is 1. The standard InChI is InChI=1S/C35H40ClN5O3/c1-6-39(4)32(23-37)35(44,26-14-12-24(13-15-26)34(43)38-18-19-41(7-2)8-3)27-16-17-31-30(21-27)29(22-33(42)40(31)5)25-10-9-11-28(36)20-25/h6,9-17,20-23,44H,1,7-8,18-19,37H2,2-5H3,(H,38,43)/b32-23-. The van der Waals surface area contributed by atoms with Crippen LogP contribution in [0.15, 0.2) is 102 Å². The van der Waals surface area contributed by atoms with Crippen LogP contribution in [0.5, 0.6) is 0 Å². The van der Waals surface area contributed by atoms with Crippen LogP contribution in [0.1, 0.15) is 35.3 Å². The van der Waals surface area contributed by atoms with Crippen molar-refractivity contribution in [1.82, 2.24) is 19.7 Å². The van der Waals surface area contributed by atoms with Crippen molar-refractivity contribution in [3.05, 3.63) is 130 Å². The molecule has 4 rings (SSSR count). The Balaban J connectivity index is 1.84. The van der Waals surface area contributed by atoms with E-state index in [2.05, 4.69) is 30.6 Å². The highest BCUT2D eigenvalue weighted by molar-refractivity contribution is 6.30. The fourth-order valence-electron chi connectivity index (χ4n) is 5.47. The molecule has 44 heavy (non-hydrogen) atoms. The monoisotopic (exact) mass is 613 g/mol. The SMILES string of the molecule is C=CN(C)/C(=C\N)C(O)(c1ccc(C(=O)NCCN(CC)CC)cc1)c1ccc2c(c1)c(-c1cccc(Cl)c1)cc(=O)n2C. The van der Waals surface area contributed by atoms with Gasteiger partial charge in [-0.1, -0.05) is 62.4 Å². The minimum Gasteiger partial charge on any atom is -0.403 e. The highest BCUT2D eigenvalue weighted by Crippen LogP contribution is 2.40. The highest BCUT2D eigenvalue weighted by Gasteiger charge is 2.38. The van der Waals surface area contributed by atoms with Crippen LogP contribution in [0.3, 0.4) is 0 Å². The number of rotatable bonds is 12. The normalized spacial score (nSPS) is 13.1. The summed E-state index contributed by atoms with van der Waals surface area (Å²) in [6.45, 7) is 11.2. The van der Waals surface area contributed by atoms with Crippen LogP contribution in [0.2, 0.25) is 5.02 Å². The van der Waals surface area contributed by atoms with Crippen LogP contribution in [0.25, 0.3) is 22.0 Å². The number of nitrogens with zero attached hydrogens (tertiary/aromatic N) is 3. The summed E-state index contributed by atoms with van der Waals surface area (Å²) in [7, 11) is 3.46. The Labute approximate surface area is 263 Å². The number of hydrogen-bond acceptors (Lipinski definition) is 6. The number of aryl methyl sites for hydroxylation is 1. The number of amides is 1. The summed E-state index contributed by atoms with van der Waals surface area (Å²) >= 11 is 6.31. The Hall–Kier alpha value is -4.37. The number of halogens is 1. The smallest absolute Gasteiger partial charge is 0.251 e. The summed E-state index contributed by atoms with van der Waals surface area (Å²) in [6.07, 6.45) is 2.90. The maximum atomic E-state index is 12.9. The first-order valence-electron chi connectivity index (χ1n) is 14.6. The first-order chi connectivity index (χ1) is 21.1. The molecule has 8 nitrogen and oxygen atoms in total.